The van der Waals surface area contributed by atoms with Crippen molar-refractivity contribution in [2.24, 2.45) is 0 Å². The van der Waals surface area contributed by atoms with Crippen molar-refractivity contribution in [3.63, 3.8) is 0 Å². The summed E-state index contributed by atoms with van der Waals surface area (Å²) in [5, 5.41) is 3.05. The number of rotatable bonds is 11. The number of benzene rings is 1. The maximum Gasteiger partial charge on any atom is 0.407 e. The number of hydrogen-bond acceptors (Lipinski definition) is 7. The van der Waals surface area contributed by atoms with Crippen LogP contribution in [0.2, 0.25) is 0 Å². The molecular weight excluding hydrogens is 438 g/mol. The molecule has 7 nitrogen and oxygen atoms in total. The largest absolute Gasteiger partial charge is 0.465 e. The molecule has 0 radical (unpaired) electrons. The Bertz CT molecular complexity index is 869. The maximum absolute atomic E-state index is 12.4. The van der Waals surface area contributed by atoms with Crippen LogP contribution in [0.25, 0.3) is 0 Å². The van der Waals surface area contributed by atoms with Crippen LogP contribution in [-0.4, -0.2) is 59.3 Å². The second-order valence-corrected chi connectivity index (χ2v) is 9.83. The number of alkyl carbamates (subject to hydrolysis) is 1. The van der Waals surface area contributed by atoms with Gasteiger partial charge >= 0.3 is 12.1 Å². The number of methoxy groups -OCH3 is 1. The molecule has 0 unspecified atom stereocenters. The molecule has 0 fully saturated rings. The smallest absolute Gasteiger partial charge is 0.407 e. The number of pyridine rings is 1. The highest BCUT2D eigenvalue weighted by atomic mass is 32.2. The van der Waals surface area contributed by atoms with E-state index in [2.05, 4.69) is 21.5 Å². The Morgan fingerprint density at radius 1 is 1.12 bits per heavy atom. The Morgan fingerprint density at radius 3 is 2.39 bits per heavy atom. The number of amides is 1. The average Bonchev–Trinajstić information content (AvgIpc) is 2.76. The SMILES string of the molecule is COC(=O)c1ccc(CN(Cc2cccnc2)C[C@@H](CCSC)NC(=O)OC(C)(C)C)cc1. The van der Waals surface area contributed by atoms with Crippen LogP contribution in [0.3, 0.4) is 0 Å². The average molecular weight is 474 g/mol. The van der Waals surface area contributed by atoms with Gasteiger partial charge in [0.15, 0.2) is 0 Å². The number of hydrogen-bond donors (Lipinski definition) is 1. The first-order valence-corrected chi connectivity index (χ1v) is 12.4. The Hall–Kier alpha value is -2.58. The van der Waals surface area contributed by atoms with E-state index < -0.39 is 11.7 Å². The van der Waals surface area contributed by atoms with Crippen molar-refractivity contribution in [1.82, 2.24) is 15.2 Å². The zero-order valence-corrected chi connectivity index (χ0v) is 21.0. The van der Waals surface area contributed by atoms with Crippen molar-refractivity contribution in [2.75, 3.05) is 25.7 Å². The molecule has 0 saturated heterocycles. The van der Waals surface area contributed by atoms with Gasteiger partial charge in [-0.15, -0.1) is 0 Å². The Kier molecular flexibility index (Phi) is 10.7. The van der Waals surface area contributed by atoms with Crippen LogP contribution in [0, 0.1) is 0 Å². The molecule has 8 heteroatoms. The third kappa shape index (κ3) is 10.3. The first kappa shape index (κ1) is 26.7. The molecule has 1 N–H and O–H groups in total. The fraction of sp³-hybridized carbons (Fsp3) is 0.480. The van der Waals surface area contributed by atoms with E-state index in [0.717, 1.165) is 23.3 Å². The molecule has 0 aliphatic rings. The summed E-state index contributed by atoms with van der Waals surface area (Å²) < 4.78 is 10.3. The fourth-order valence-corrected chi connectivity index (χ4v) is 3.83. The Morgan fingerprint density at radius 2 is 1.82 bits per heavy atom. The van der Waals surface area contributed by atoms with Crippen LogP contribution in [-0.2, 0) is 22.6 Å². The van der Waals surface area contributed by atoms with Crippen LogP contribution in [0.15, 0.2) is 48.8 Å². The summed E-state index contributed by atoms with van der Waals surface area (Å²) >= 11 is 1.75. The standard InChI is InChI=1S/C25H35N3O4S/c1-25(2,3)32-24(30)27-22(12-14-33-5)18-28(17-20-7-6-13-26-15-20)16-19-8-10-21(11-9-19)23(29)31-4/h6-11,13,15,22H,12,14,16-18H2,1-5H3,(H,27,30)/t22-/m1/s1. The molecule has 0 spiro atoms. The minimum absolute atomic E-state index is 0.0710. The van der Waals surface area contributed by atoms with Crippen molar-refractivity contribution >= 4 is 23.8 Å². The zero-order valence-electron chi connectivity index (χ0n) is 20.2. The lowest BCUT2D eigenvalue weighted by molar-refractivity contribution is 0.0487. The molecule has 33 heavy (non-hydrogen) atoms. The van der Waals surface area contributed by atoms with Crippen LogP contribution in [0.5, 0.6) is 0 Å². The summed E-state index contributed by atoms with van der Waals surface area (Å²) in [5.41, 5.74) is 2.12. The maximum atomic E-state index is 12.4. The summed E-state index contributed by atoms with van der Waals surface area (Å²) in [6.07, 6.45) is 6.08. The van der Waals surface area contributed by atoms with Crippen LogP contribution in [0.1, 0.15) is 48.7 Å². The molecule has 0 aliphatic heterocycles. The van der Waals surface area contributed by atoms with Crippen molar-refractivity contribution < 1.29 is 19.1 Å². The highest BCUT2D eigenvalue weighted by molar-refractivity contribution is 7.98. The van der Waals surface area contributed by atoms with E-state index in [-0.39, 0.29) is 12.0 Å². The molecule has 0 saturated carbocycles. The Balaban J connectivity index is 2.17. The lowest BCUT2D eigenvalue weighted by atomic mass is 10.1. The molecule has 1 aromatic heterocycles. The normalized spacial score (nSPS) is 12.3. The number of aromatic nitrogens is 1. The molecule has 2 aromatic rings. The summed E-state index contributed by atoms with van der Waals surface area (Å²) in [7, 11) is 1.37. The molecule has 2 rings (SSSR count). The van der Waals surface area contributed by atoms with E-state index in [9.17, 15) is 9.59 Å². The molecule has 1 aromatic carbocycles. The first-order chi connectivity index (χ1) is 15.7. The number of carbonyl (C=O) groups is 2. The van der Waals surface area contributed by atoms with Gasteiger partial charge in [-0.05, 0) is 68.5 Å². The number of esters is 1. The van der Waals surface area contributed by atoms with Crippen LogP contribution >= 0.6 is 11.8 Å². The van der Waals surface area contributed by atoms with Gasteiger partial charge in [-0.3, -0.25) is 9.88 Å². The van der Waals surface area contributed by atoms with E-state index in [1.54, 1.807) is 30.1 Å². The number of nitrogens with one attached hydrogen (secondary N) is 1. The van der Waals surface area contributed by atoms with E-state index in [1.807, 2.05) is 51.2 Å². The number of ether oxygens (including phenoxy) is 2. The third-order valence-electron chi connectivity index (χ3n) is 4.78. The second-order valence-electron chi connectivity index (χ2n) is 8.84. The lowest BCUT2D eigenvalue weighted by Gasteiger charge is -2.29. The van der Waals surface area contributed by atoms with Crippen molar-refractivity contribution in [1.29, 1.82) is 0 Å². The molecule has 1 atom stereocenters. The van der Waals surface area contributed by atoms with Gasteiger partial charge < -0.3 is 14.8 Å². The second kappa shape index (κ2) is 13.2. The van der Waals surface area contributed by atoms with Crippen LogP contribution in [0.4, 0.5) is 4.79 Å². The highest BCUT2D eigenvalue weighted by Crippen LogP contribution is 2.14. The minimum Gasteiger partial charge on any atom is -0.465 e. The predicted molar refractivity (Wildman–Crippen MR) is 132 cm³/mol. The Labute approximate surface area is 201 Å². The quantitative estimate of drug-likeness (QED) is 0.481. The molecule has 1 heterocycles. The van der Waals surface area contributed by atoms with E-state index >= 15 is 0 Å². The molecule has 0 aliphatic carbocycles. The van der Waals surface area contributed by atoms with Gasteiger partial charge in [-0.2, -0.15) is 11.8 Å². The lowest BCUT2D eigenvalue weighted by Crippen LogP contribution is -2.45. The summed E-state index contributed by atoms with van der Waals surface area (Å²) in [6.45, 7) is 7.55. The predicted octanol–water partition coefficient (Wildman–Crippen LogP) is 4.52. The molecule has 0 bridgehead atoms. The monoisotopic (exact) mass is 473 g/mol. The first-order valence-electron chi connectivity index (χ1n) is 11.0. The van der Waals surface area contributed by atoms with Crippen LogP contribution < -0.4 is 5.32 Å². The summed E-state index contributed by atoms with van der Waals surface area (Å²) in [4.78, 5) is 30.7. The minimum atomic E-state index is -0.551. The van der Waals surface area contributed by atoms with Gasteiger partial charge in [0.25, 0.3) is 0 Å². The number of thioether (sulfide) groups is 1. The van der Waals surface area contributed by atoms with E-state index in [4.69, 9.17) is 9.47 Å². The zero-order chi connectivity index (χ0) is 24.3. The van der Waals surface area contributed by atoms with E-state index in [1.165, 1.54) is 7.11 Å². The number of carbonyl (C=O) groups excluding carboxylic acids is 2. The fourth-order valence-electron chi connectivity index (χ4n) is 3.31. The topological polar surface area (TPSA) is 80.8 Å². The highest BCUT2D eigenvalue weighted by Gasteiger charge is 2.22. The van der Waals surface area contributed by atoms with Gasteiger partial charge in [0.1, 0.15) is 5.60 Å². The van der Waals surface area contributed by atoms with E-state index in [0.29, 0.717) is 25.2 Å². The summed E-state index contributed by atoms with van der Waals surface area (Å²) in [6, 6.07) is 11.3. The van der Waals surface area contributed by atoms with Crippen molar-refractivity contribution in [3.8, 4) is 0 Å². The van der Waals surface area contributed by atoms with Gasteiger partial charge in [0, 0.05) is 38.1 Å². The van der Waals surface area contributed by atoms with Gasteiger partial charge in [-0.25, -0.2) is 9.59 Å². The summed E-state index contributed by atoms with van der Waals surface area (Å²) in [5.74, 6) is 0.571. The van der Waals surface area contributed by atoms with Gasteiger partial charge in [-0.1, -0.05) is 18.2 Å². The van der Waals surface area contributed by atoms with Crippen molar-refractivity contribution in [2.45, 2.75) is 51.9 Å². The van der Waals surface area contributed by atoms with Gasteiger partial charge in [0.2, 0.25) is 0 Å². The number of nitrogens with zero attached hydrogens (tertiary/aromatic N) is 2. The molecule has 1 amide bonds. The molecule has 180 valence electrons. The third-order valence-corrected chi connectivity index (χ3v) is 5.42. The molecular formula is C25H35N3O4S. The van der Waals surface area contributed by atoms with Crippen molar-refractivity contribution in [3.05, 3.63) is 65.5 Å². The van der Waals surface area contributed by atoms with Gasteiger partial charge in [0.05, 0.1) is 12.7 Å².